The van der Waals surface area contributed by atoms with Gasteiger partial charge in [0.15, 0.2) is 0 Å². The highest BCUT2D eigenvalue weighted by Crippen LogP contribution is 2.32. The van der Waals surface area contributed by atoms with Gasteiger partial charge in [-0.15, -0.1) is 5.10 Å². The number of anilines is 1. The number of benzene rings is 2. The predicted molar refractivity (Wildman–Crippen MR) is 114 cm³/mol. The molecule has 0 spiro atoms. The van der Waals surface area contributed by atoms with Crippen molar-refractivity contribution in [3.63, 3.8) is 0 Å². The van der Waals surface area contributed by atoms with Gasteiger partial charge in [-0.05, 0) is 55.0 Å². The molecule has 0 saturated carbocycles. The molecule has 1 amide bonds. The quantitative estimate of drug-likeness (QED) is 0.372. The van der Waals surface area contributed by atoms with Gasteiger partial charge in [0, 0.05) is 39.9 Å². The second kappa shape index (κ2) is 7.35. The van der Waals surface area contributed by atoms with Crippen LogP contribution in [-0.4, -0.2) is 26.0 Å². The van der Waals surface area contributed by atoms with Crippen LogP contribution in [0, 0.1) is 16.0 Å². The number of aryl methyl sites for hydroxylation is 1. The minimum absolute atomic E-state index is 0.0728. The van der Waals surface area contributed by atoms with Crippen LogP contribution in [-0.2, 0) is 12.8 Å². The molecule has 9 heteroatoms. The highest BCUT2D eigenvalue weighted by Gasteiger charge is 2.21. The van der Waals surface area contributed by atoms with Gasteiger partial charge in [0.2, 0.25) is 5.89 Å². The molecule has 1 unspecified atom stereocenters. The van der Waals surface area contributed by atoms with E-state index in [9.17, 15) is 14.9 Å². The van der Waals surface area contributed by atoms with E-state index in [1.165, 1.54) is 29.5 Å². The third-order valence-electron chi connectivity index (χ3n) is 5.65. The lowest BCUT2D eigenvalue weighted by molar-refractivity contribution is -0.384. The summed E-state index contributed by atoms with van der Waals surface area (Å²) in [6.45, 7) is 2.24. The lowest BCUT2D eigenvalue weighted by Crippen LogP contribution is -2.12. The first-order valence-electron chi connectivity index (χ1n) is 10.0. The van der Waals surface area contributed by atoms with Gasteiger partial charge in [0.05, 0.1) is 4.92 Å². The summed E-state index contributed by atoms with van der Waals surface area (Å²) in [7, 11) is 0. The second-order valence-corrected chi connectivity index (χ2v) is 7.86. The maximum atomic E-state index is 12.8. The zero-order valence-corrected chi connectivity index (χ0v) is 16.7. The Bertz CT molecular complexity index is 1320. The van der Waals surface area contributed by atoms with Gasteiger partial charge in [-0.1, -0.05) is 18.1 Å². The third-order valence-corrected chi connectivity index (χ3v) is 5.65. The Kier molecular flexibility index (Phi) is 4.50. The molecule has 2 aromatic heterocycles. The normalized spacial score (nSPS) is 15.6. The van der Waals surface area contributed by atoms with E-state index >= 15 is 0 Å². The molecular formula is C22H19N5O4. The van der Waals surface area contributed by atoms with Gasteiger partial charge in [-0.25, -0.2) is 0 Å². The van der Waals surface area contributed by atoms with E-state index in [0.717, 1.165) is 30.2 Å². The molecule has 9 nitrogen and oxygen atoms in total. The maximum absolute atomic E-state index is 12.8. The number of H-pyrrole nitrogens is 1. The van der Waals surface area contributed by atoms with E-state index in [1.54, 1.807) is 12.1 Å². The number of hydrogen-bond donors (Lipinski definition) is 2. The molecule has 1 aliphatic rings. The van der Waals surface area contributed by atoms with Crippen molar-refractivity contribution < 1.29 is 14.1 Å². The maximum Gasteiger partial charge on any atom is 0.322 e. The Hall–Kier alpha value is -4.01. The Morgan fingerprint density at radius 3 is 2.97 bits per heavy atom. The van der Waals surface area contributed by atoms with Gasteiger partial charge >= 0.3 is 6.01 Å². The third kappa shape index (κ3) is 3.54. The van der Waals surface area contributed by atoms with E-state index < -0.39 is 4.92 Å². The minimum atomic E-state index is -0.501. The lowest BCUT2D eigenvalue weighted by atomic mass is 9.87. The van der Waals surface area contributed by atoms with E-state index in [-0.39, 0.29) is 23.5 Å². The first kappa shape index (κ1) is 19.0. The largest absolute Gasteiger partial charge is 0.403 e. The first-order valence-corrected chi connectivity index (χ1v) is 10.0. The molecule has 2 aromatic carbocycles. The van der Waals surface area contributed by atoms with Crippen molar-refractivity contribution in [2.45, 2.75) is 26.2 Å². The van der Waals surface area contributed by atoms with Crippen LogP contribution < -0.4 is 5.32 Å². The Morgan fingerprint density at radius 1 is 1.26 bits per heavy atom. The van der Waals surface area contributed by atoms with Gasteiger partial charge < -0.3 is 9.40 Å². The summed E-state index contributed by atoms with van der Waals surface area (Å²) in [6, 6.07) is 11.3. The molecule has 5 rings (SSSR count). The van der Waals surface area contributed by atoms with Crippen molar-refractivity contribution in [1.82, 2.24) is 15.2 Å². The van der Waals surface area contributed by atoms with Crippen LogP contribution in [0.1, 0.15) is 35.0 Å². The van der Waals surface area contributed by atoms with Gasteiger partial charge in [-0.3, -0.25) is 20.2 Å². The Labute approximate surface area is 176 Å². The summed E-state index contributed by atoms with van der Waals surface area (Å²) in [5.74, 6) is 0.340. The van der Waals surface area contributed by atoms with Crippen LogP contribution in [0.4, 0.5) is 11.7 Å². The number of aromatic nitrogens is 3. The SMILES string of the molecule is CC1CCc2[nH]c3ccc(C(=O)Nc4nnc(-c5cccc([N+](=O)[O-])c5)o4)cc3c2C1. The van der Waals surface area contributed by atoms with E-state index in [2.05, 4.69) is 27.4 Å². The molecule has 0 aliphatic heterocycles. The number of non-ortho nitro benzene ring substituents is 1. The molecule has 1 atom stereocenters. The van der Waals surface area contributed by atoms with Crippen molar-refractivity contribution in [1.29, 1.82) is 0 Å². The Balaban J connectivity index is 1.38. The van der Waals surface area contributed by atoms with Crippen molar-refractivity contribution >= 4 is 28.5 Å². The van der Waals surface area contributed by atoms with Gasteiger partial charge in [-0.2, -0.15) is 0 Å². The number of amides is 1. The number of carbonyl (C=O) groups is 1. The molecule has 2 N–H and O–H groups in total. The number of nitrogens with one attached hydrogen (secondary N) is 2. The summed E-state index contributed by atoms with van der Waals surface area (Å²) in [4.78, 5) is 26.7. The summed E-state index contributed by atoms with van der Waals surface area (Å²) in [5, 5.41) is 22.4. The van der Waals surface area contributed by atoms with Crippen molar-refractivity contribution in [2.75, 3.05) is 5.32 Å². The molecule has 1 aliphatic carbocycles. The smallest absolute Gasteiger partial charge is 0.322 e. The number of nitro groups is 1. The number of aromatic amines is 1. The fourth-order valence-electron chi connectivity index (χ4n) is 4.04. The van der Waals surface area contributed by atoms with E-state index in [0.29, 0.717) is 17.0 Å². The molecule has 0 saturated heterocycles. The highest BCUT2D eigenvalue weighted by atomic mass is 16.6. The lowest BCUT2D eigenvalue weighted by Gasteiger charge is -2.18. The number of fused-ring (bicyclic) bond motifs is 3. The number of nitro benzene ring substituents is 1. The topological polar surface area (TPSA) is 127 Å². The average Bonchev–Trinajstić information content (AvgIpc) is 3.37. The number of carbonyl (C=O) groups excluding carboxylic acids is 1. The zero-order chi connectivity index (χ0) is 21.5. The van der Waals surface area contributed by atoms with Crippen LogP contribution in [0.2, 0.25) is 0 Å². The standard InChI is InChI=1S/C22H19N5O4/c1-12-5-7-18-16(9-12)17-11-13(6-8-19(17)23-18)20(28)24-22-26-25-21(31-22)14-3-2-4-15(10-14)27(29)30/h2-4,6,8,10-12,23H,5,7,9H2,1H3,(H,24,26,28). The van der Waals surface area contributed by atoms with Crippen LogP contribution in [0.15, 0.2) is 46.9 Å². The minimum Gasteiger partial charge on any atom is -0.403 e. The molecule has 2 heterocycles. The Morgan fingerprint density at radius 2 is 2.13 bits per heavy atom. The van der Waals surface area contributed by atoms with Crippen LogP contribution >= 0.6 is 0 Å². The fourth-order valence-corrected chi connectivity index (χ4v) is 4.04. The van der Waals surface area contributed by atoms with E-state index in [1.807, 2.05) is 12.1 Å². The van der Waals surface area contributed by atoms with Crippen molar-refractivity contribution in [3.8, 4) is 11.5 Å². The molecular weight excluding hydrogens is 398 g/mol. The first-order chi connectivity index (χ1) is 15.0. The van der Waals surface area contributed by atoms with Crippen molar-refractivity contribution in [3.05, 3.63) is 69.4 Å². The highest BCUT2D eigenvalue weighted by molar-refractivity contribution is 6.05. The second-order valence-electron chi connectivity index (χ2n) is 7.86. The van der Waals surface area contributed by atoms with Gasteiger partial charge in [0.25, 0.3) is 11.6 Å². The van der Waals surface area contributed by atoms with Crippen LogP contribution in [0.5, 0.6) is 0 Å². The van der Waals surface area contributed by atoms with E-state index in [4.69, 9.17) is 4.42 Å². The summed E-state index contributed by atoms with van der Waals surface area (Å²) < 4.78 is 5.49. The number of nitrogens with zero attached hydrogens (tertiary/aromatic N) is 3. The van der Waals surface area contributed by atoms with Crippen molar-refractivity contribution in [2.24, 2.45) is 5.92 Å². The molecule has 4 aromatic rings. The number of rotatable bonds is 4. The summed E-state index contributed by atoms with van der Waals surface area (Å²) in [5.41, 5.74) is 4.37. The van der Waals surface area contributed by atoms with Gasteiger partial charge in [0.1, 0.15) is 0 Å². The number of hydrogen-bond acceptors (Lipinski definition) is 6. The predicted octanol–water partition coefficient (Wildman–Crippen LogP) is 4.50. The average molecular weight is 417 g/mol. The summed E-state index contributed by atoms with van der Waals surface area (Å²) in [6.07, 6.45) is 3.18. The monoisotopic (exact) mass is 417 g/mol. The summed E-state index contributed by atoms with van der Waals surface area (Å²) >= 11 is 0. The molecule has 0 fully saturated rings. The zero-order valence-electron chi connectivity index (χ0n) is 16.7. The van der Waals surface area contributed by atoms with Crippen LogP contribution in [0.25, 0.3) is 22.4 Å². The fraction of sp³-hybridized carbons (Fsp3) is 0.227. The molecule has 0 radical (unpaired) electrons. The van der Waals surface area contributed by atoms with Crippen LogP contribution in [0.3, 0.4) is 0 Å². The molecule has 156 valence electrons. The molecule has 31 heavy (non-hydrogen) atoms. The molecule has 0 bridgehead atoms.